The molecule has 6 nitrogen and oxygen atoms in total. The summed E-state index contributed by atoms with van der Waals surface area (Å²) < 4.78 is 4.35. The second kappa shape index (κ2) is 8.19. The second-order valence-corrected chi connectivity index (χ2v) is 4.71. The molecule has 2 N–H and O–H groups in total. The van der Waals surface area contributed by atoms with Crippen LogP contribution in [0.4, 0.5) is 0 Å². The second-order valence-electron chi connectivity index (χ2n) is 3.69. The lowest BCUT2D eigenvalue weighted by molar-refractivity contribution is -0.149. The van der Waals surface area contributed by atoms with Gasteiger partial charge in [0.25, 0.3) is 5.91 Å². The van der Waals surface area contributed by atoms with Gasteiger partial charge in [-0.15, -0.1) is 11.8 Å². The van der Waals surface area contributed by atoms with Gasteiger partial charge < -0.3 is 15.2 Å². The Morgan fingerprint density at radius 2 is 2.20 bits per heavy atom. The Morgan fingerprint density at radius 1 is 1.50 bits per heavy atom. The lowest BCUT2D eigenvalue weighted by atomic mass is 10.2. The van der Waals surface area contributed by atoms with Crippen molar-refractivity contribution < 1.29 is 19.4 Å². The van der Waals surface area contributed by atoms with Gasteiger partial charge in [0.1, 0.15) is 0 Å². The summed E-state index contributed by atoms with van der Waals surface area (Å²) in [6, 6.07) is 8.79. The predicted molar refractivity (Wildman–Crippen MR) is 73.1 cm³/mol. The Hall–Kier alpha value is -2.04. The highest BCUT2D eigenvalue weighted by molar-refractivity contribution is 7.99. The summed E-state index contributed by atoms with van der Waals surface area (Å²) in [5, 5.41) is 20.4. The van der Waals surface area contributed by atoms with Gasteiger partial charge in [0, 0.05) is 4.90 Å². The van der Waals surface area contributed by atoms with Crippen LogP contribution in [-0.4, -0.2) is 42.5 Å². The molecule has 0 heterocycles. The van der Waals surface area contributed by atoms with Crippen LogP contribution in [-0.2, 0) is 9.53 Å². The van der Waals surface area contributed by atoms with Gasteiger partial charge in [0.2, 0.25) is 0 Å². The number of nitriles is 1. The van der Waals surface area contributed by atoms with Crippen LogP contribution in [0.3, 0.4) is 0 Å². The number of nitrogens with one attached hydrogen (secondary N) is 1. The van der Waals surface area contributed by atoms with E-state index in [1.165, 1.54) is 11.8 Å². The molecule has 0 radical (unpaired) electrons. The maximum Gasteiger partial charge on any atom is 0.336 e. The number of carbonyl (C=O) groups is 2. The molecule has 106 valence electrons. The first kappa shape index (κ1) is 16.0. The molecule has 0 saturated heterocycles. The van der Waals surface area contributed by atoms with E-state index in [9.17, 15) is 14.7 Å². The van der Waals surface area contributed by atoms with E-state index in [1.807, 2.05) is 6.07 Å². The zero-order chi connectivity index (χ0) is 15.0. The number of thioether (sulfide) groups is 1. The third-order valence-electron chi connectivity index (χ3n) is 2.35. The van der Waals surface area contributed by atoms with Crippen molar-refractivity contribution in [3.8, 4) is 6.07 Å². The topological polar surface area (TPSA) is 99.4 Å². The number of benzene rings is 1. The van der Waals surface area contributed by atoms with Gasteiger partial charge in [-0.2, -0.15) is 5.26 Å². The minimum atomic E-state index is -1.40. The quantitative estimate of drug-likeness (QED) is 0.587. The predicted octanol–water partition coefficient (Wildman–Crippen LogP) is 0.566. The fourth-order valence-electron chi connectivity index (χ4n) is 1.39. The Labute approximate surface area is 120 Å². The largest absolute Gasteiger partial charge is 0.467 e. The molecule has 0 fully saturated rings. The number of nitrogens with zero attached hydrogens (tertiary/aromatic N) is 1. The maximum absolute atomic E-state index is 12.0. The van der Waals surface area contributed by atoms with Crippen molar-refractivity contribution >= 4 is 23.6 Å². The summed E-state index contributed by atoms with van der Waals surface area (Å²) >= 11 is 1.24. The van der Waals surface area contributed by atoms with Crippen LogP contribution in [0.5, 0.6) is 0 Å². The lowest BCUT2D eigenvalue weighted by Gasteiger charge is -2.11. The van der Waals surface area contributed by atoms with E-state index in [-0.39, 0.29) is 12.3 Å². The molecule has 1 unspecified atom stereocenters. The van der Waals surface area contributed by atoms with E-state index in [2.05, 4.69) is 10.1 Å². The van der Waals surface area contributed by atoms with Crippen LogP contribution in [0.1, 0.15) is 10.4 Å². The summed E-state index contributed by atoms with van der Waals surface area (Å²) in [6.07, 6.45) is -1.40. The molecule has 0 aliphatic heterocycles. The molecule has 1 aromatic carbocycles. The summed E-state index contributed by atoms with van der Waals surface area (Å²) in [5.41, 5.74) is 0.393. The molecule has 7 heteroatoms. The number of carbonyl (C=O) groups excluding carboxylic acids is 2. The molecule has 0 aromatic heterocycles. The van der Waals surface area contributed by atoms with Crippen molar-refractivity contribution in [2.75, 3.05) is 19.4 Å². The Kier molecular flexibility index (Phi) is 6.56. The molecule has 1 aromatic rings. The first-order valence-corrected chi connectivity index (χ1v) is 6.71. The molecule has 0 aliphatic carbocycles. The minimum Gasteiger partial charge on any atom is -0.467 e. The first-order valence-electron chi connectivity index (χ1n) is 5.73. The molecule has 1 amide bonds. The lowest BCUT2D eigenvalue weighted by Crippen LogP contribution is -2.37. The number of rotatable bonds is 6. The van der Waals surface area contributed by atoms with Gasteiger partial charge >= 0.3 is 5.97 Å². The average molecular weight is 294 g/mol. The van der Waals surface area contributed by atoms with Gasteiger partial charge in [0.15, 0.2) is 6.10 Å². The minimum absolute atomic E-state index is 0.231. The van der Waals surface area contributed by atoms with Crippen LogP contribution in [0, 0.1) is 11.3 Å². The average Bonchev–Trinajstić information content (AvgIpc) is 2.49. The molecule has 1 atom stereocenters. The zero-order valence-corrected chi connectivity index (χ0v) is 11.6. The molecule has 0 aliphatic rings. The number of ether oxygens (including phenoxy) is 1. The highest BCUT2D eigenvalue weighted by Crippen LogP contribution is 2.21. The maximum atomic E-state index is 12.0. The smallest absolute Gasteiger partial charge is 0.336 e. The van der Waals surface area contributed by atoms with Gasteiger partial charge in [0.05, 0.1) is 31.0 Å². The van der Waals surface area contributed by atoms with Crippen LogP contribution in [0.15, 0.2) is 29.2 Å². The van der Waals surface area contributed by atoms with Gasteiger partial charge in [-0.05, 0) is 12.1 Å². The summed E-state index contributed by atoms with van der Waals surface area (Å²) in [4.78, 5) is 23.6. The molecule has 20 heavy (non-hydrogen) atoms. The van der Waals surface area contributed by atoms with Crippen LogP contribution < -0.4 is 5.32 Å². The molecule has 1 rings (SSSR count). The van der Waals surface area contributed by atoms with Crippen molar-refractivity contribution in [1.82, 2.24) is 5.32 Å². The highest BCUT2D eigenvalue weighted by atomic mass is 32.2. The van der Waals surface area contributed by atoms with E-state index < -0.39 is 18.0 Å². The number of hydrogen-bond acceptors (Lipinski definition) is 6. The van der Waals surface area contributed by atoms with Gasteiger partial charge in [-0.25, -0.2) is 4.79 Å². The number of hydrogen-bond donors (Lipinski definition) is 2. The van der Waals surface area contributed by atoms with Crippen LogP contribution in [0.2, 0.25) is 0 Å². The fourth-order valence-corrected chi connectivity index (χ4v) is 2.11. The van der Waals surface area contributed by atoms with Crippen molar-refractivity contribution in [2.45, 2.75) is 11.0 Å². The molecule has 0 saturated carbocycles. The van der Waals surface area contributed by atoms with Crippen LogP contribution in [0.25, 0.3) is 0 Å². The SMILES string of the molecule is COC(=O)C(O)CNC(=O)c1ccccc1SCC#N. The van der Waals surface area contributed by atoms with E-state index in [4.69, 9.17) is 5.26 Å². The Balaban J connectivity index is 2.68. The van der Waals surface area contributed by atoms with E-state index in [1.54, 1.807) is 24.3 Å². The number of methoxy groups -OCH3 is 1. The number of aliphatic hydroxyl groups excluding tert-OH is 1. The standard InChI is InChI=1S/C13H14N2O4S/c1-19-13(18)10(16)8-15-12(17)9-4-2-3-5-11(9)20-7-6-14/h2-5,10,16H,7-8H2,1H3,(H,15,17). The molecular formula is C13H14N2O4S. The third kappa shape index (κ3) is 4.57. The summed E-state index contributed by atoms with van der Waals surface area (Å²) in [6.45, 7) is -0.233. The molecule has 0 bridgehead atoms. The number of esters is 1. The van der Waals surface area contributed by atoms with Crippen molar-refractivity contribution in [1.29, 1.82) is 5.26 Å². The molecular weight excluding hydrogens is 280 g/mol. The van der Waals surface area contributed by atoms with Crippen molar-refractivity contribution in [2.24, 2.45) is 0 Å². The molecule has 0 spiro atoms. The first-order chi connectivity index (χ1) is 9.60. The zero-order valence-electron chi connectivity index (χ0n) is 10.8. The monoisotopic (exact) mass is 294 g/mol. The summed E-state index contributed by atoms with van der Waals surface area (Å²) in [7, 11) is 1.15. The number of aliphatic hydroxyl groups is 1. The van der Waals surface area contributed by atoms with Crippen LogP contribution >= 0.6 is 11.8 Å². The van der Waals surface area contributed by atoms with E-state index >= 15 is 0 Å². The fraction of sp³-hybridized carbons (Fsp3) is 0.308. The van der Waals surface area contributed by atoms with Gasteiger partial charge in [-0.3, -0.25) is 4.79 Å². The van der Waals surface area contributed by atoms with E-state index in [0.29, 0.717) is 10.5 Å². The number of amides is 1. The normalized spacial score (nSPS) is 11.2. The van der Waals surface area contributed by atoms with Crippen molar-refractivity contribution in [3.63, 3.8) is 0 Å². The highest BCUT2D eigenvalue weighted by Gasteiger charge is 2.18. The third-order valence-corrected chi connectivity index (χ3v) is 3.29. The Bertz CT molecular complexity index is 527. The Morgan fingerprint density at radius 3 is 2.85 bits per heavy atom. The summed E-state index contributed by atoms with van der Waals surface area (Å²) in [5.74, 6) is -0.999. The van der Waals surface area contributed by atoms with Gasteiger partial charge in [-0.1, -0.05) is 12.1 Å². The van der Waals surface area contributed by atoms with Crippen molar-refractivity contribution in [3.05, 3.63) is 29.8 Å². The van der Waals surface area contributed by atoms with E-state index in [0.717, 1.165) is 7.11 Å².